The normalized spacial score (nSPS) is 14.8. The summed E-state index contributed by atoms with van der Waals surface area (Å²) < 4.78 is 1.94. The standard InChI is InChI=1S/C19H17N3O3S/c1-11-2-7-16-15(8-11)17(18(23)22(16)14-9-26-10-14)21-20-13-5-3-12(4-6-13)19(24)25/h2-8,14,23H,9-10H2,1H3,(H,24,25). The van der Waals surface area contributed by atoms with Gasteiger partial charge in [-0.3, -0.25) is 0 Å². The minimum absolute atomic E-state index is 0.127. The van der Waals surface area contributed by atoms with E-state index in [1.165, 1.54) is 12.1 Å². The molecule has 7 heteroatoms. The molecule has 0 saturated carbocycles. The Balaban J connectivity index is 1.76. The van der Waals surface area contributed by atoms with E-state index in [0.717, 1.165) is 28.0 Å². The second-order valence-corrected chi connectivity index (χ2v) is 7.38. The number of hydrogen-bond donors (Lipinski definition) is 2. The van der Waals surface area contributed by atoms with E-state index in [0.29, 0.717) is 11.4 Å². The second-order valence-electron chi connectivity index (χ2n) is 6.31. The Morgan fingerprint density at radius 2 is 1.88 bits per heavy atom. The highest BCUT2D eigenvalue weighted by atomic mass is 32.2. The second kappa shape index (κ2) is 6.49. The van der Waals surface area contributed by atoms with Crippen molar-refractivity contribution < 1.29 is 15.0 Å². The number of carboxylic acids is 1. The zero-order valence-electron chi connectivity index (χ0n) is 14.1. The lowest BCUT2D eigenvalue weighted by molar-refractivity contribution is 0.0697. The summed E-state index contributed by atoms with van der Waals surface area (Å²) in [6.45, 7) is 2.00. The van der Waals surface area contributed by atoms with Crippen molar-refractivity contribution in [1.82, 2.24) is 4.57 Å². The van der Waals surface area contributed by atoms with Crippen LogP contribution in [0.15, 0.2) is 52.7 Å². The van der Waals surface area contributed by atoms with Crippen LogP contribution in [0.4, 0.5) is 11.4 Å². The molecule has 0 atom stereocenters. The van der Waals surface area contributed by atoms with E-state index in [1.807, 2.05) is 41.5 Å². The summed E-state index contributed by atoms with van der Waals surface area (Å²) in [6, 6.07) is 12.5. The first kappa shape index (κ1) is 16.7. The molecule has 0 radical (unpaired) electrons. The Labute approximate surface area is 154 Å². The molecule has 1 saturated heterocycles. The molecule has 2 heterocycles. The van der Waals surface area contributed by atoms with E-state index in [-0.39, 0.29) is 17.5 Å². The third-order valence-corrected chi connectivity index (χ3v) is 5.71. The largest absolute Gasteiger partial charge is 0.493 e. The molecule has 132 valence electrons. The van der Waals surface area contributed by atoms with Crippen LogP contribution >= 0.6 is 11.8 Å². The van der Waals surface area contributed by atoms with Crippen molar-refractivity contribution in [3.8, 4) is 5.88 Å². The van der Waals surface area contributed by atoms with E-state index >= 15 is 0 Å². The van der Waals surface area contributed by atoms with Gasteiger partial charge in [0.1, 0.15) is 0 Å². The molecule has 1 aliphatic heterocycles. The Hall–Kier alpha value is -2.80. The number of thioether (sulfide) groups is 1. The fourth-order valence-corrected chi connectivity index (χ4v) is 3.76. The van der Waals surface area contributed by atoms with Gasteiger partial charge in [-0.1, -0.05) is 11.6 Å². The first-order valence-electron chi connectivity index (χ1n) is 8.21. The number of carbonyl (C=O) groups is 1. The fraction of sp³-hybridized carbons (Fsp3) is 0.211. The number of rotatable bonds is 4. The van der Waals surface area contributed by atoms with Crippen LogP contribution < -0.4 is 0 Å². The van der Waals surface area contributed by atoms with Crippen molar-refractivity contribution in [2.45, 2.75) is 13.0 Å². The molecule has 0 bridgehead atoms. The Bertz CT molecular complexity index is 1020. The predicted molar refractivity (Wildman–Crippen MR) is 102 cm³/mol. The summed E-state index contributed by atoms with van der Waals surface area (Å²) in [4.78, 5) is 10.9. The van der Waals surface area contributed by atoms with Crippen molar-refractivity contribution in [3.63, 3.8) is 0 Å². The number of carboxylic acid groups (broad SMARTS) is 1. The maximum atomic E-state index is 10.9. The first-order valence-corrected chi connectivity index (χ1v) is 9.36. The maximum absolute atomic E-state index is 10.9. The van der Waals surface area contributed by atoms with Crippen LogP contribution in [-0.4, -0.2) is 32.3 Å². The van der Waals surface area contributed by atoms with Crippen molar-refractivity contribution in [2.24, 2.45) is 10.2 Å². The minimum atomic E-state index is -0.983. The zero-order valence-corrected chi connectivity index (χ0v) is 14.9. The highest BCUT2D eigenvalue weighted by molar-refractivity contribution is 8.00. The summed E-state index contributed by atoms with van der Waals surface area (Å²) in [7, 11) is 0. The number of aryl methyl sites for hydroxylation is 1. The van der Waals surface area contributed by atoms with Gasteiger partial charge in [-0.2, -0.15) is 16.9 Å². The van der Waals surface area contributed by atoms with Crippen LogP contribution in [-0.2, 0) is 0 Å². The lowest BCUT2D eigenvalue weighted by Gasteiger charge is -2.27. The number of nitrogens with zero attached hydrogens (tertiary/aromatic N) is 3. The highest BCUT2D eigenvalue weighted by Crippen LogP contribution is 2.45. The van der Waals surface area contributed by atoms with Crippen LogP contribution in [0.3, 0.4) is 0 Å². The van der Waals surface area contributed by atoms with Gasteiger partial charge in [-0.25, -0.2) is 4.79 Å². The summed E-state index contributed by atoms with van der Waals surface area (Å²) in [5.41, 5.74) is 3.21. The van der Waals surface area contributed by atoms with Gasteiger partial charge in [0.25, 0.3) is 0 Å². The molecule has 4 rings (SSSR count). The molecule has 3 aromatic rings. The van der Waals surface area contributed by atoms with E-state index in [2.05, 4.69) is 10.2 Å². The van der Waals surface area contributed by atoms with Gasteiger partial charge < -0.3 is 14.8 Å². The molecule has 0 amide bonds. The van der Waals surface area contributed by atoms with E-state index in [1.54, 1.807) is 12.1 Å². The van der Waals surface area contributed by atoms with Crippen LogP contribution in [0.5, 0.6) is 5.88 Å². The third kappa shape index (κ3) is 2.84. The monoisotopic (exact) mass is 367 g/mol. The molecule has 0 unspecified atom stereocenters. The molecule has 1 aromatic heterocycles. The molecule has 26 heavy (non-hydrogen) atoms. The Morgan fingerprint density at radius 3 is 2.50 bits per heavy atom. The molecule has 6 nitrogen and oxygen atoms in total. The number of fused-ring (bicyclic) bond motifs is 1. The first-order chi connectivity index (χ1) is 12.5. The van der Waals surface area contributed by atoms with Crippen molar-refractivity contribution in [2.75, 3.05) is 11.5 Å². The smallest absolute Gasteiger partial charge is 0.335 e. The van der Waals surface area contributed by atoms with E-state index in [9.17, 15) is 9.90 Å². The van der Waals surface area contributed by atoms with Gasteiger partial charge in [0.2, 0.25) is 5.88 Å². The lowest BCUT2D eigenvalue weighted by atomic mass is 10.1. The topological polar surface area (TPSA) is 87.2 Å². The van der Waals surface area contributed by atoms with Crippen LogP contribution in [0.25, 0.3) is 10.9 Å². The van der Waals surface area contributed by atoms with Gasteiger partial charge in [-0.05, 0) is 43.3 Å². The number of aromatic carboxylic acids is 1. The highest BCUT2D eigenvalue weighted by Gasteiger charge is 2.27. The Morgan fingerprint density at radius 1 is 1.15 bits per heavy atom. The number of azo groups is 1. The van der Waals surface area contributed by atoms with Gasteiger partial charge in [-0.15, -0.1) is 5.11 Å². The summed E-state index contributed by atoms with van der Waals surface area (Å²) in [6.07, 6.45) is 0. The number of hydrogen-bond acceptors (Lipinski definition) is 5. The van der Waals surface area contributed by atoms with Crippen LogP contribution in [0, 0.1) is 6.92 Å². The quantitative estimate of drug-likeness (QED) is 0.631. The van der Waals surface area contributed by atoms with Gasteiger partial charge in [0.05, 0.1) is 22.8 Å². The molecular weight excluding hydrogens is 350 g/mol. The number of benzene rings is 2. The van der Waals surface area contributed by atoms with Crippen molar-refractivity contribution >= 4 is 40.0 Å². The third-order valence-electron chi connectivity index (χ3n) is 4.47. The van der Waals surface area contributed by atoms with E-state index < -0.39 is 5.97 Å². The number of aromatic nitrogens is 1. The molecule has 1 aliphatic rings. The minimum Gasteiger partial charge on any atom is -0.493 e. The van der Waals surface area contributed by atoms with Gasteiger partial charge >= 0.3 is 5.97 Å². The van der Waals surface area contributed by atoms with Gasteiger partial charge in [0.15, 0.2) is 5.69 Å². The van der Waals surface area contributed by atoms with Crippen molar-refractivity contribution in [3.05, 3.63) is 53.6 Å². The lowest BCUT2D eigenvalue weighted by Crippen LogP contribution is -2.22. The molecule has 2 aromatic carbocycles. The molecule has 1 fully saturated rings. The van der Waals surface area contributed by atoms with Crippen molar-refractivity contribution in [1.29, 1.82) is 0 Å². The summed E-state index contributed by atoms with van der Waals surface area (Å²) in [5.74, 6) is 1.08. The number of aromatic hydroxyl groups is 1. The molecule has 0 aliphatic carbocycles. The average Bonchev–Trinajstić information content (AvgIpc) is 2.84. The summed E-state index contributed by atoms with van der Waals surface area (Å²) in [5, 5.41) is 29.0. The molecule has 2 N–H and O–H groups in total. The maximum Gasteiger partial charge on any atom is 0.335 e. The fourth-order valence-electron chi connectivity index (χ4n) is 3.02. The molecular formula is C19H17N3O3S. The van der Waals surface area contributed by atoms with Crippen LogP contribution in [0.2, 0.25) is 0 Å². The van der Waals surface area contributed by atoms with Crippen LogP contribution in [0.1, 0.15) is 22.0 Å². The molecule has 0 spiro atoms. The van der Waals surface area contributed by atoms with Gasteiger partial charge in [0, 0.05) is 16.9 Å². The average molecular weight is 367 g/mol. The summed E-state index contributed by atoms with van der Waals surface area (Å²) >= 11 is 1.85. The predicted octanol–water partition coefficient (Wildman–Crippen LogP) is 5.06. The Kier molecular flexibility index (Phi) is 4.16. The zero-order chi connectivity index (χ0) is 18.3. The van der Waals surface area contributed by atoms with E-state index in [4.69, 9.17) is 5.11 Å². The SMILES string of the molecule is Cc1ccc2c(c1)c(N=Nc1ccc(C(=O)O)cc1)c(O)n2C1CSC1.